The maximum atomic E-state index is 12.1. The molecule has 0 unspecified atom stereocenters. The van der Waals surface area contributed by atoms with Crippen molar-refractivity contribution in [3.05, 3.63) is 34.9 Å². The molecule has 0 bridgehead atoms. The fourth-order valence-electron chi connectivity index (χ4n) is 2.35. The summed E-state index contributed by atoms with van der Waals surface area (Å²) in [6.45, 7) is 3.94. The predicted octanol–water partition coefficient (Wildman–Crippen LogP) is 0.645. The molecule has 116 valence electrons. The molecule has 1 fully saturated rings. The number of benzene rings is 1. The highest BCUT2D eigenvalue weighted by atomic mass is 16.7. The van der Waals surface area contributed by atoms with E-state index in [0.29, 0.717) is 11.1 Å². The average Bonchev–Trinajstić information content (AvgIpc) is 2.54. The summed E-state index contributed by atoms with van der Waals surface area (Å²) in [5, 5.41) is 10.7. The third kappa shape index (κ3) is 4.01. The number of nitrogens with zero attached hydrogens (tertiary/aromatic N) is 2. The Kier molecular flexibility index (Phi) is 5.69. The molecule has 0 saturated carbocycles. The second-order valence-corrected chi connectivity index (χ2v) is 5.02. The van der Waals surface area contributed by atoms with Crippen molar-refractivity contribution >= 4 is 5.91 Å². The molecule has 0 radical (unpaired) electrons. The van der Waals surface area contributed by atoms with Gasteiger partial charge in [-0.1, -0.05) is 12.1 Å². The molecule has 0 aromatic heterocycles. The minimum Gasteiger partial charge on any atom is -0.392 e. The van der Waals surface area contributed by atoms with E-state index < -0.39 is 0 Å². The lowest BCUT2D eigenvalue weighted by atomic mass is 10.0. The molecule has 1 N–H and O–H groups in total. The summed E-state index contributed by atoms with van der Waals surface area (Å²) < 4.78 is 5.33. The highest BCUT2D eigenvalue weighted by Gasteiger charge is 2.17. The largest absolute Gasteiger partial charge is 0.392 e. The summed E-state index contributed by atoms with van der Waals surface area (Å²) in [6, 6.07) is 5.55. The van der Waals surface area contributed by atoms with Crippen molar-refractivity contribution in [1.29, 1.82) is 0 Å². The number of carbonyl (C=O) groups excluding carboxylic acids is 1. The Morgan fingerprint density at radius 3 is 2.76 bits per heavy atom. The fraction of sp³-hybridized carbons (Fsp3) is 0.533. The first kappa shape index (κ1) is 15.9. The Bertz CT molecular complexity index is 487. The van der Waals surface area contributed by atoms with Crippen LogP contribution < -0.4 is 0 Å². The number of morpholine rings is 1. The molecule has 21 heavy (non-hydrogen) atoms. The minimum atomic E-state index is -0.264. The Morgan fingerprint density at radius 2 is 2.14 bits per heavy atom. The first-order valence-electron chi connectivity index (χ1n) is 7.00. The Labute approximate surface area is 124 Å². The van der Waals surface area contributed by atoms with E-state index in [0.717, 1.165) is 43.5 Å². The monoisotopic (exact) mass is 294 g/mol. The molecular weight excluding hydrogens is 272 g/mol. The van der Waals surface area contributed by atoms with Crippen LogP contribution in [0.4, 0.5) is 0 Å². The van der Waals surface area contributed by atoms with Crippen LogP contribution in [0.15, 0.2) is 18.2 Å². The number of aliphatic hydroxyl groups excluding tert-OH is 1. The molecular formula is C15H22N2O4. The lowest BCUT2D eigenvalue weighted by Crippen LogP contribution is -2.35. The van der Waals surface area contributed by atoms with Crippen molar-refractivity contribution in [2.75, 3.05) is 40.5 Å². The molecule has 1 aliphatic rings. The molecule has 1 amide bonds. The number of rotatable bonds is 5. The molecule has 1 aromatic carbocycles. The highest BCUT2D eigenvalue weighted by molar-refractivity contribution is 5.94. The molecule has 6 nitrogen and oxygen atoms in total. The van der Waals surface area contributed by atoms with Gasteiger partial charge in [0.2, 0.25) is 0 Å². The van der Waals surface area contributed by atoms with Crippen LogP contribution >= 0.6 is 0 Å². The second kappa shape index (κ2) is 7.51. The summed E-state index contributed by atoms with van der Waals surface area (Å²) in [5.74, 6) is -0.264. The van der Waals surface area contributed by atoms with E-state index in [1.165, 1.54) is 7.11 Å². The summed E-state index contributed by atoms with van der Waals surface area (Å²) in [5.41, 5.74) is 2.17. The van der Waals surface area contributed by atoms with Gasteiger partial charge in [0.1, 0.15) is 0 Å². The molecule has 2 rings (SSSR count). The molecule has 1 aromatic rings. The van der Waals surface area contributed by atoms with Gasteiger partial charge >= 0.3 is 0 Å². The Balaban J connectivity index is 2.13. The van der Waals surface area contributed by atoms with Crippen molar-refractivity contribution < 1.29 is 19.5 Å². The molecule has 1 heterocycles. The van der Waals surface area contributed by atoms with Crippen molar-refractivity contribution in [1.82, 2.24) is 9.96 Å². The van der Waals surface area contributed by atoms with Crippen molar-refractivity contribution in [2.45, 2.75) is 13.2 Å². The van der Waals surface area contributed by atoms with E-state index in [-0.39, 0.29) is 12.5 Å². The summed E-state index contributed by atoms with van der Waals surface area (Å²) in [4.78, 5) is 19.3. The topological polar surface area (TPSA) is 62.2 Å². The van der Waals surface area contributed by atoms with Crippen LogP contribution in [0.25, 0.3) is 0 Å². The molecule has 0 atom stereocenters. The van der Waals surface area contributed by atoms with E-state index >= 15 is 0 Å². The minimum absolute atomic E-state index is 0.171. The lowest BCUT2D eigenvalue weighted by molar-refractivity contribution is -0.0758. The Hall–Kier alpha value is -1.47. The maximum Gasteiger partial charge on any atom is 0.277 e. The van der Waals surface area contributed by atoms with Crippen LogP contribution in [0.2, 0.25) is 0 Å². The smallest absolute Gasteiger partial charge is 0.277 e. The van der Waals surface area contributed by atoms with Gasteiger partial charge in [-0.05, 0) is 17.2 Å². The number of hydroxylamine groups is 2. The Morgan fingerprint density at radius 1 is 1.43 bits per heavy atom. The fourth-order valence-corrected chi connectivity index (χ4v) is 2.35. The van der Waals surface area contributed by atoms with Gasteiger partial charge in [0, 0.05) is 32.2 Å². The quantitative estimate of drug-likeness (QED) is 0.808. The van der Waals surface area contributed by atoms with Gasteiger partial charge in [-0.2, -0.15) is 0 Å². The van der Waals surface area contributed by atoms with Crippen LogP contribution in [0.3, 0.4) is 0 Å². The van der Waals surface area contributed by atoms with E-state index in [1.807, 2.05) is 12.1 Å². The number of amides is 1. The van der Waals surface area contributed by atoms with Crippen molar-refractivity contribution in [3.63, 3.8) is 0 Å². The van der Waals surface area contributed by atoms with Crippen LogP contribution in [-0.2, 0) is 22.7 Å². The normalized spacial score (nSPS) is 16.0. The zero-order valence-electron chi connectivity index (χ0n) is 12.5. The third-order valence-electron chi connectivity index (χ3n) is 3.64. The lowest BCUT2D eigenvalue weighted by Gasteiger charge is -2.27. The predicted molar refractivity (Wildman–Crippen MR) is 77.6 cm³/mol. The number of aliphatic hydroxyl groups is 1. The number of carbonyl (C=O) groups is 1. The van der Waals surface area contributed by atoms with E-state index in [1.54, 1.807) is 13.1 Å². The molecule has 1 saturated heterocycles. The van der Waals surface area contributed by atoms with Crippen LogP contribution in [0, 0.1) is 0 Å². The highest BCUT2D eigenvalue weighted by Crippen LogP contribution is 2.16. The number of hydrogen-bond donors (Lipinski definition) is 1. The first-order chi connectivity index (χ1) is 10.2. The van der Waals surface area contributed by atoms with Crippen molar-refractivity contribution in [3.8, 4) is 0 Å². The summed E-state index contributed by atoms with van der Waals surface area (Å²) in [6.07, 6.45) is 0. The van der Waals surface area contributed by atoms with Gasteiger partial charge in [0.25, 0.3) is 5.91 Å². The van der Waals surface area contributed by atoms with Crippen LogP contribution in [0.1, 0.15) is 21.5 Å². The third-order valence-corrected chi connectivity index (χ3v) is 3.64. The SMILES string of the molecule is CON(C)C(=O)c1ccc(CN2CCOCC2)cc1CO. The standard InChI is InChI=1S/C15H22N2O4/c1-16(20-2)15(19)14-4-3-12(9-13(14)11-18)10-17-5-7-21-8-6-17/h3-4,9,18H,5-8,10-11H2,1-2H3. The molecule has 1 aliphatic heterocycles. The van der Waals surface area contributed by atoms with Gasteiger partial charge in [0.15, 0.2) is 0 Å². The van der Waals surface area contributed by atoms with Crippen LogP contribution in [0.5, 0.6) is 0 Å². The van der Waals surface area contributed by atoms with E-state index in [2.05, 4.69) is 4.90 Å². The molecule has 0 spiro atoms. The summed E-state index contributed by atoms with van der Waals surface area (Å²) in [7, 11) is 2.98. The second-order valence-electron chi connectivity index (χ2n) is 5.02. The zero-order valence-corrected chi connectivity index (χ0v) is 12.5. The van der Waals surface area contributed by atoms with E-state index in [9.17, 15) is 9.90 Å². The van der Waals surface area contributed by atoms with Crippen molar-refractivity contribution in [2.24, 2.45) is 0 Å². The zero-order chi connectivity index (χ0) is 15.2. The average molecular weight is 294 g/mol. The maximum absolute atomic E-state index is 12.1. The number of ether oxygens (including phenoxy) is 1. The van der Waals surface area contributed by atoms with Gasteiger partial charge in [-0.25, -0.2) is 5.06 Å². The van der Waals surface area contributed by atoms with Gasteiger partial charge in [-0.15, -0.1) is 0 Å². The molecule has 6 heteroatoms. The van der Waals surface area contributed by atoms with Gasteiger partial charge < -0.3 is 9.84 Å². The van der Waals surface area contributed by atoms with Crippen LogP contribution in [-0.4, -0.2) is 61.4 Å². The molecule has 0 aliphatic carbocycles. The van der Waals surface area contributed by atoms with Gasteiger partial charge in [0.05, 0.1) is 26.9 Å². The first-order valence-corrected chi connectivity index (χ1v) is 7.00. The van der Waals surface area contributed by atoms with Gasteiger partial charge in [-0.3, -0.25) is 14.5 Å². The number of hydrogen-bond acceptors (Lipinski definition) is 5. The summed E-state index contributed by atoms with van der Waals surface area (Å²) >= 11 is 0. The van der Waals surface area contributed by atoms with E-state index in [4.69, 9.17) is 9.57 Å².